The monoisotopic (exact) mass is 264 g/mol. The fourth-order valence-electron chi connectivity index (χ4n) is 1.61. The van der Waals surface area contributed by atoms with Gasteiger partial charge in [-0.15, -0.1) is 0 Å². The van der Waals surface area contributed by atoms with Crippen molar-refractivity contribution in [3.63, 3.8) is 0 Å². The van der Waals surface area contributed by atoms with Gasteiger partial charge in [-0.05, 0) is 31.9 Å². The summed E-state index contributed by atoms with van der Waals surface area (Å²) < 4.78 is 1.94. The first-order valence-corrected chi connectivity index (χ1v) is 6.42. The van der Waals surface area contributed by atoms with Gasteiger partial charge in [-0.1, -0.05) is 17.7 Å². The number of hydrogen-bond donors (Lipinski definition) is 1. The predicted octanol–water partition coefficient (Wildman–Crippen LogP) is 3.17. The van der Waals surface area contributed by atoms with Crippen LogP contribution >= 0.6 is 11.6 Å². The van der Waals surface area contributed by atoms with Crippen LogP contribution in [0.25, 0.3) is 0 Å². The zero-order valence-electron chi connectivity index (χ0n) is 10.6. The van der Waals surface area contributed by atoms with Crippen LogP contribution in [0.1, 0.15) is 25.5 Å². The number of anilines is 1. The summed E-state index contributed by atoms with van der Waals surface area (Å²) in [5.74, 6) is 0.908. The lowest BCUT2D eigenvalue weighted by atomic mass is 10.2. The van der Waals surface area contributed by atoms with E-state index < -0.39 is 0 Å². The van der Waals surface area contributed by atoms with Gasteiger partial charge in [0, 0.05) is 31.0 Å². The summed E-state index contributed by atoms with van der Waals surface area (Å²) in [7, 11) is 0. The van der Waals surface area contributed by atoms with Crippen molar-refractivity contribution in [3.05, 3.63) is 41.3 Å². The van der Waals surface area contributed by atoms with Gasteiger partial charge in [0.1, 0.15) is 11.0 Å². The van der Waals surface area contributed by atoms with E-state index in [-0.39, 0.29) is 0 Å². The molecule has 5 heteroatoms. The van der Waals surface area contributed by atoms with E-state index in [2.05, 4.69) is 29.2 Å². The normalized spacial score (nSPS) is 10.9. The molecule has 2 heterocycles. The minimum absolute atomic E-state index is 0.390. The van der Waals surface area contributed by atoms with Crippen molar-refractivity contribution in [1.82, 2.24) is 14.8 Å². The fourth-order valence-corrected chi connectivity index (χ4v) is 1.72. The second-order valence-electron chi connectivity index (χ2n) is 4.44. The highest BCUT2D eigenvalue weighted by Crippen LogP contribution is 2.09. The van der Waals surface area contributed by atoms with Crippen LogP contribution in [0.4, 0.5) is 5.82 Å². The number of nitrogens with one attached hydrogen (secondary N) is 1. The molecule has 2 aromatic rings. The lowest BCUT2D eigenvalue weighted by molar-refractivity contribution is 0.534. The molecular formula is C13H17ClN4. The van der Waals surface area contributed by atoms with E-state index in [1.807, 2.05) is 29.1 Å². The van der Waals surface area contributed by atoms with Crippen LogP contribution < -0.4 is 5.32 Å². The Balaban J connectivity index is 1.82. The third-order valence-electron chi connectivity index (χ3n) is 2.65. The zero-order valence-corrected chi connectivity index (χ0v) is 11.4. The smallest absolute Gasteiger partial charge is 0.148 e. The molecular weight excluding hydrogens is 248 g/mol. The number of rotatable bonds is 5. The third-order valence-corrected chi connectivity index (χ3v) is 2.87. The maximum atomic E-state index is 5.73. The van der Waals surface area contributed by atoms with Gasteiger partial charge in [-0.3, -0.25) is 4.68 Å². The Morgan fingerprint density at radius 3 is 2.78 bits per heavy atom. The van der Waals surface area contributed by atoms with Crippen LogP contribution in [0.3, 0.4) is 0 Å². The Bertz CT molecular complexity index is 490. The summed E-state index contributed by atoms with van der Waals surface area (Å²) in [5, 5.41) is 8.24. The van der Waals surface area contributed by atoms with Crippen LogP contribution in [0.2, 0.25) is 5.15 Å². The summed E-state index contributed by atoms with van der Waals surface area (Å²) in [6.45, 7) is 5.05. The average molecular weight is 265 g/mol. The highest BCUT2D eigenvalue weighted by Gasteiger charge is 2.01. The first-order valence-electron chi connectivity index (χ1n) is 6.04. The Kier molecular flexibility index (Phi) is 4.20. The zero-order chi connectivity index (χ0) is 13.0. The molecule has 0 radical (unpaired) electrons. The Labute approximate surface area is 112 Å². The summed E-state index contributed by atoms with van der Waals surface area (Å²) in [6, 6.07) is 6.18. The molecule has 0 aliphatic heterocycles. The van der Waals surface area contributed by atoms with Crippen molar-refractivity contribution in [2.45, 2.75) is 26.3 Å². The quantitative estimate of drug-likeness (QED) is 0.844. The van der Waals surface area contributed by atoms with E-state index in [4.69, 9.17) is 11.6 Å². The Hall–Kier alpha value is -1.55. The minimum Gasteiger partial charge on any atom is -0.368 e. The van der Waals surface area contributed by atoms with Crippen LogP contribution in [-0.2, 0) is 6.42 Å². The summed E-state index contributed by atoms with van der Waals surface area (Å²) >= 11 is 5.73. The molecule has 1 N–H and O–H groups in total. The van der Waals surface area contributed by atoms with Gasteiger partial charge in [0.05, 0.1) is 0 Å². The Morgan fingerprint density at radius 2 is 2.17 bits per heavy atom. The molecule has 4 nitrogen and oxygen atoms in total. The van der Waals surface area contributed by atoms with Gasteiger partial charge in [0.25, 0.3) is 0 Å². The van der Waals surface area contributed by atoms with Crippen molar-refractivity contribution >= 4 is 17.4 Å². The second-order valence-corrected chi connectivity index (χ2v) is 4.83. The number of halogens is 1. The predicted molar refractivity (Wildman–Crippen MR) is 74.1 cm³/mol. The summed E-state index contributed by atoms with van der Waals surface area (Å²) in [4.78, 5) is 4.05. The first-order chi connectivity index (χ1) is 8.65. The SMILES string of the molecule is CC(C)n1ccc(NCCc2ccc(Cl)nc2)n1. The van der Waals surface area contributed by atoms with Crippen LogP contribution in [0, 0.1) is 0 Å². The molecule has 0 saturated carbocycles. The molecule has 18 heavy (non-hydrogen) atoms. The maximum absolute atomic E-state index is 5.73. The van der Waals surface area contributed by atoms with Gasteiger partial charge >= 0.3 is 0 Å². The molecule has 0 fully saturated rings. The van der Waals surface area contributed by atoms with E-state index in [1.165, 1.54) is 0 Å². The fraction of sp³-hybridized carbons (Fsp3) is 0.385. The Morgan fingerprint density at radius 1 is 1.33 bits per heavy atom. The molecule has 0 spiro atoms. The van der Waals surface area contributed by atoms with E-state index >= 15 is 0 Å². The molecule has 0 atom stereocenters. The van der Waals surface area contributed by atoms with Crippen molar-refractivity contribution in [1.29, 1.82) is 0 Å². The second kappa shape index (κ2) is 5.87. The standard InChI is InChI=1S/C13H17ClN4/c1-10(2)18-8-6-13(17-18)15-7-5-11-3-4-12(14)16-9-11/h3-4,6,8-10H,5,7H2,1-2H3,(H,15,17). The van der Waals surface area contributed by atoms with Crippen molar-refractivity contribution < 1.29 is 0 Å². The molecule has 0 amide bonds. The molecule has 2 rings (SSSR count). The third kappa shape index (κ3) is 3.47. The van der Waals surface area contributed by atoms with Crippen LogP contribution in [-0.4, -0.2) is 21.3 Å². The number of aromatic nitrogens is 3. The average Bonchev–Trinajstić information content (AvgIpc) is 2.81. The van der Waals surface area contributed by atoms with Crippen molar-refractivity contribution in [3.8, 4) is 0 Å². The molecule has 0 aliphatic carbocycles. The maximum Gasteiger partial charge on any atom is 0.148 e. The number of nitrogens with zero attached hydrogens (tertiary/aromatic N) is 3. The summed E-state index contributed by atoms with van der Waals surface area (Å²) in [5.41, 5.74) is 1.16. The molecule has 0 aromatic carbocycles. The molecule has 0 unspecified atom stereocenters. The lowest BCUT2D eigenvalue weighted by Crippen LogP contribution is -2.07. The summed E-state index contributed by atoms with van der Waals surface area (Å²) in [6.07, 6.45) is 4.69. The van der Waals surface area contributed by atoms with Gasteiger partial charge in [-0.25, -0.2) is 4.98 Å². The number of hydrogen-bond acceptors (Lipinski definition) is 3. The number of pyridine rings is 1. The highest BCUT2D eigenvalue weighted by molar-refractivity contribution is 6.29. The largest absolute Gasteiger partial charge is 0.368 e. The topological polar surface area (TPSA) is 42.7 Å². The first kappa shape index (κ1) is 12.9. The van der Waals surface area contributed by atoms with Crippen LogP contribution in [0.15, 0.2) is 30.6 Å². The van der Waals surface area contributed by atoms with Crippen molar-refractivity contribution in [2.24, 2.45) is 0 Å². The van der Waals surface area contributed by atoms with Crippen LogP contribution in [0.5, 0.6) is 0 Å². The molecule has 0 saturated heterocycles. The highest BCUT2D eigenvalue weighted by atomic mass is 35.5. The molecule has 2 aromatic heterocycles. The van der Waals surface area contributed by atoms with Gasteiger partial charge in [0.15, 0.2) is 0 Å². The van der Waals surface area contributed by atoms with Gasteiger partial charge in [-0.2, -0.15) is 5.10 Å². The molecule has 96 valence electrons. The van der Waals surface area contributed by atoms with E-state index in [9.17, 15) is 0 Å². The van der Waals surface area contributed by atoms with Gasteiger partial charge < -0.3 is 5.32 Å². The minimum atomic E-state index is 0.390. The molecule has 0 bridgehead atoms. The van der Waals surface area contributed by atoms with E-state index in [0.29, 0.717) is 11.2 Å². The van der Waals surface area contributed by atoms with Crippen molar-refractivity contribution in [2.75, 3.05) is 11.9 Å². The van der Waals surface area contributed by atoms with E-state index in [1.54, 1.807) is 6.20 Å². The van der Waals surface area contributed by atoms with E-state index in [0.717, 1.165) is 24.3 Å². The van der Waals surface area contributed by atoms with Gasteiger partial charge in [0.2, 0.25) is 0 Å². The lowest BCUT2D eigenvalue weighted by Gasteiger charge is -2.05. The molecule has 0 aliphatic rings.